The standard InChI is InChI=1S/C24H26N4O3/c1-18-5-3-8-21(15-18)31-17-24(29)28-13-11-27(12-14-28)23-10-9-22(25-26-23)19-6-4-7-20(16-19)30-2/h3-10,15-16H,11-14,17H2,1-2H3. The van der Waals surface area contributed by atoms with E-state index in [2.05, 4.69) is 15.1 Å². The van der Waals surface area contributed by atoms with Gasteiger partial charge in [-0.05, 0) is 48.9 Å². The Hall–Kier alpha value is -3.61. The van der Waals surface area contributed by atoms with Gasteiger partial charge in [0.05, 0.1) is 12.8 Å². The number of hydrogen-bond acceptors (Lipinski definition) is 6. The third-order valence-electron chi connectivity index (χ3n) is 5.32. The first kappa shape index (κ1) is 20.7. The molecule has 160 valence electrons. The molecule has 0 aliphatic carbocycles. The lowest BCUT2D eigenvalue weighted by Gasteiger charge is -2.35. The number of benzene rings is 2. The number of anilines is 1. The van der Waals surface area contributed by atoms with E-state index in [1.807, 2.05) is 72.5 Å². The van der Waals surface area contributed by atoms with E-state index < -0.39 is 0 Å². The lowest BCUT2D eigenvalue weighted by molar-refractivity contribution is -0.133. The van der Waals surface area contributed by atoms with Gasteiger partial charge in [0, 0.05) is 31.7 Å². The molecule has 1 fully saturated rings. The average Bonchev–Trinajstić information content (AvgIpc) is 2.83. The van der Waals surface area contributed by atoms with Gasteiger partial charge in [0.2, 0.25) is 0 Å². The number of hydrogen-bond donors (Lipinski definition) is 0. The van der Waals surface area contributed by atoms with Crippen molar-refractivity contribution in [1.82, 2.24) is 15.1 Å². The van der Waals surface area contributed by atoms with Crippen LogP contribution in [0.4, 0.5) is 5.82 Å². The largest absolute Gasteiger partial charge is 0.497 e. The van der Waals surface area contributed by atoms with Gasteiger partial charge in [-0.1, -0.05) is 24.3 Å². The summed E-state index contributed by atoms with van der Waals surface area (Å²) >= 11 is 0. The number of carbonyl (C=O) groups excluding carboxylic acids is 1. The molecule has 0 saturated carbocycles. The molecule has 31 heavy (non-hydrogen) atoms. The summed E-state index contributed by atoms with van der Waals surface area (Å²) < 4.78 is 10.9. The van der Waals surface area contributed by atoms with E-state index in [1.54, 1.807) is 7.11 Å². The Bertz CT molecular complexity index is 1030. The highest BCUT2D eigenvalue weighted by molar-refractivity contribution is 5.78. The van der Waals surface area contributed by atoms with Crippen LogP contribution < -0.4 is 14.4 Å². The van der Waals surface area contributed by atoms with E-state index >= 15 is 0 Å². The number of piperazine rings is 1. The van der Waals surface area contributed by atoms with E-state index in [4.69, 9.17) is 9.47 Å². The molecule has 0 unspecified atom stereocenters. The van der Waals surface area contributed by atoms with Crippen molar-refractivity contribution >= 4 is 11.7 Å². The molecule has 0 N–H and O–H groups in total. The molecular weight excluding hydrogens is 392 g/mol. The lowest BCUT2D eigenvalue weighted by atomic mass is 10.1. The topological polar surface area (TPSA) is 67.8 Å². The Labute approximate surface area is 182 Å². The van der Waals surface area contributed by atoms with Crippen LogP contribution in [0.3, 0.4) is 0 Å². The van der Waals surface area contributed by atoms with Gasteiger partial charge in [-0.25, -0.2) is 0 Å². The first-order valence-electron chi connectivity index (χ1n) is 10.3. The predicted molar refractivity (Wildman–Crippen MR) is 119 cm³/mol. The molecule has 1 amide bonds. The summed E-state index contributed by atoms with van der Waals surface area (Å²) in [6, 6.07) is 19.4. The Morgan fingerprint density at radius 2 is 1.71 bits per heavy atom. The number of carbonyl (C=O) groups is 1. The van der Waals surface area contributed by atoms with Crippen LogP contribution in [0, 0.1) is 6.92 Å². The van der Waals surface area contributed by atoms with Crippen LogP contribution >= 0.6 is 0 Å². The van der Waals surface area contributed by atoms with Crippen molar-refractivity contribution in [2.24, 2.45) is 0 Å². The highest BCUT2D eigenvalue weighted by atomic mass is 16.5. The van der Waals surface area contributed by atoms with Crippen LogP contribution in [-0.4, -0.2) is 60.9 Å². The minimum Gasteiger partial charge on any atom is -0.497 e. The maximum absolute atomic E-state index is 12.5. The Balaban J connectivity index is 1.30. The molecule has 2 aromatic carbocycles. The maximum Gasteiger partial charge on any atom is 0.260 e. The molecule has 1 aliphatic rings. The first-order chi connectivity index (χ1) is 15.1. The van der Waals surface area contributed by atoms with Gasteiger partial charge in [-0.3, -0.25) is 4.79 Å². The number of ether oxygens (including phenoxy) is 2. The summed E-state index contributed by atoms with van der Waals surface area (Å²) in [7, 11) is 1.65. The molecule has 1 saturated heterocycles. The molecule has 0 radical (unpaired) electrons. The summed E-state index contributed by atoms with van der Waals surface area (Å²) in [5, 5.41) is 8.77. The van der Waals surface area contributed by atoms with Crippen LogP contribution in [0.15, 0.2) is 60.7 Å². The Morgan fingerprint density at radius 1 is 0.935 bits per heavy atom. The molecular formula is C24H26N4O3. The zero-order valence-corrected chi connectivity index (χ0v) is 17.8. The minimum atomic E-state index is 0.000568. The number of methoxy groups -OCH3 is 1. The number of aromatic nitrogens is 2. The van der Waals surface area contributed by atoms with Gasteiger partial charge in [0.15, 0.2) is 12.4 Å². The van der Waals surface area contributed by atoms with Gasteiger partial charge in [0.25, 0.3) is 5.91 Å². The van der Waals surface area contributed by atoms with Crippen molar-refractivity contribution in [2.45, 2.75) is 6.92 Å². The van der Waals surface area contributed by atoms with E-state index in [0.717, 1.165) is 34.1 Å². The van der Waals surface area contributed by atoms with Crippen molar-refractivity contribution in [2.75, 3.05) is 44.8 Å². The van der Waals surface area contributed by atoms with Crippen molar-refractivity contribution in [1.29, 1.82) is 0 Å². The van der Waals surface area contributed by atoms with Crippen LogP contribution in [0.2, 0.25) is 0 Å². The van der Waals surface area contributed by atoms with E-state index in [0.29, 0.717) is 26.2 Å². The van der Waals surface area contributed by atoms with Gasteiger partial charge in [0.1, 0.15) is 11.5 Å². The van der Waals surface area contributed by atoms with Crippen molar-refractivity contribution < 1.29 is 14.3 Å². The summed E-state index contributed by atoms with van der Waals surface area (Å²) in [6.07, 6.45) is 0. The number of rotatable bonds is 6. The van der Waals surface area contributed by atoms with Crippen molar-refractivity contribution in [3.05, 3.63) is 66.2 Å². The minimum absolute atomic E-state index is 0.000568. The molecule has 3 aromatic rings. The molecule has 7 nitrogen and oxygen atoms in total. The number of aryl methyl sites for hydroxylation is 1. The van der Waals surface area contributed by atoms with Gasteiger partial charge < -0.3 is 19.3 Å². The SMILES string of the molecule is COc1cccc(-c2ccc(N3CCN(C(=O)COc4cccc(C)c4)CC3)nn2)c1. The number of amides is 1. The van der Waals surface area contributed by atoms with Crippen molar-refractivity contribution in [3.63, 3.8) is 0 Å². The van der Waals surface area contributed by atoms with Crippen LogP contribution in [0.25, 0.3) is 11.3 Å². The van der Waals surface area contributed by atoms with E-state index in [1.165, 1.54) is 0 Å². The molecule has 2 heterocycles. The fraction of sp³-hybridized carbons (Fsp3) is 0.292. The summed E-state index contributed by atoms with van der Waals surface area (Å²) in [5.41, 5.74) is 2.87. The molecule has 0 bridgehead atoms. The van der Waals surface area contributed by atoms with Crippen LogP contribution in [-0.2, 0) is 4.79 Å². The fourth-order valence-corrected chi connectivity index (χ4v) is 3.56. The Kier molecular flexibility index (Phi) is 6.31. The first-order valence-corrected chi connectivity index (χ1v) is 10.3. The smallest absolute Gasteiger partial charge is 0.260 e. The summed E-state index contributed by atoms with van der Waals surface area (Å²) in [5.74, 6) is 2.32. The third kappa shape index (κ3) is 5.12. The molecule has 1 aromatic heterocycles. The van der Waals surface area contributed by atoms with E-state index in [9.17, 15) is 4.79 Å². The second kappa shape index (κ2) is 9.47. The monoisotopic (exact) mass is 418 g/mol. The summed E-state index contributed by atoms with van der Waals surface area (Å²) in [6.45, 7) is 4.75. The second-order valence-electron chi connectivity index (χ2n) is 7.48. The highest BCUT2D eigenvalue weighted by Gasteiger charge is 2.22. The zero-order chi connectivity index (χ0) is 21.6. The average molecular weight is 418 g/mol. The molecule has 7 heteroatoms. The maximum atomic E-state index is 12.5. The fourth-order valence-electron chi connectivity index (χ4n) is 3.56. The van der Waals surface area contributed by atoms with Crippen LogP contribution in [0.1, 0.15) is 5.56 Å². The zero-order valence-electron chi connectivity index (χ0n) is 17.8. The Morgan fingerprint density at radius 3 is 2.42 bits per heavy atom. The third-order valence-corrected chi connectivity index (χ3v) is 5.32. The quantitative estimate of drug-likeness (QED) is 0.613. The van der Waals surface area contributed by atoms with Gasteiger partial charge in [-0.2, -0.15) is 0 Å². The van der Waals surface area contributed by atoms with E-state index in [-0.39, 0.29) is 12.5 Å². The highest BCUT2D eigenvalue weighted by Crippen LogP contribution is 2.23. The molecule has 1 aliphatic heterocycles. The lowest BCUT2D eigenvalue weighted by Crippen LogP contribution is -2.50. The predicted octanol–water partition coefficient (Wildman–Crippen LogP) is 3.19. The van der Waals surface area contributed by atoms with Gasteiger partial charge in [-0.15, -0.1) is 10.2 Å². The van der Waals surface area contributed by atoms with Crippen LogP contribution in [0.5, 0.6) is 11.5 Å². The molecule has 4 rings (SSSR count). The molecule has 0 spiro atoms. The second-order valence-corrected chi connectivity index (χ2v) is 7.48. The normalized spacial score (nSPS) is 13.7. The molecule has 0 atom stereocenters. The summed E-state index contributed by atoms with van der Waals surface area (Å²) in [4.78, 5) is 16.5. The number of nitrogens with zero attached hydrogens (tertiary/aromatic N) is 4. The van der Waals surface area contributed by atoms with Gasteiger partial charge >= 0.3 is 0 Å². The van der Waals surface area contributed by atoms with Crippen molar-refractivity contribution in [3.8, 4) is 22.8 Å².